The summed E-state index contributed by atoms with van der Waals surface area (Å²) in [5, 5.41) is 0. The monoisotopic (exact) mass is 737 g/mol. The molecule has 0 aromatic heterocycles. The van der Waals surface area contributed by atoms with Crippen LogP contribution in [0.4, 0.5) is 0 Å². The number of carbonyl (C=O) groups is 3. The number of unbranched alkanes of at least 4 members (excludes halogenated alkanes) is 23. The second-order valence-corrected chi connectivity index (χ2v) is 16.2. The molecule has 0 aliphatic rings. The van der Waals surface area contributed by atoms with Gasteiger partial charge in [0, 0.05) is 19.3 Å². The first-order valence-electron chi connectivity index (χ1n) is 22.8. The predicted octanol–water partition coefficient (Wildman–Crippen LogP) is 14.2. The highest BCUT2D eigenvalue weighted by atomic mass is 16.6. The number of esters is 3. The van der Waals surface area contributed by atoms with Gasteiger partial charge < -0.3 is 14.2 Å². The average Bonchev–Trinajstić information content (AvgIpc) is 3.14. The van der Waals surface area contributed by atoms with E-state index in [0.29, 0.717) is 19.3 Å². The fraction of sp³-hybridized carbons (Fsp3) is 0.935. The maximum atomic E-state index is 12.7. The van der Waals surface area contributed by atoms with Crippen molar-refractivity contribution < 1.29 is 28.6 Å². The molecule has 0 heterocycles. The second kappa shape index (κ2) is 39.1. The van der Waals surface area contributed by atoms with Gasteiger partial charge in [-0.2, -0.15) is 0 Å². The molecule has 0 aromatic carbocycles. The standard InChI is InChI=1S/C46H88O6/c1-6-9-10-11-12-13-17-21-28-33-38-46(49)52-43(40-51-45(48)37-32-27-23-22-25-30-35-42(5)8-3)39-50-44(47)36-31-26-20-18-15-14-16-19-24-29-34-41(4)7-2/h41-43H,6-40H2,1-5H3/t41?,42?,43-/m1/s1. The third kappa shape index (κ3) is 36.8. The zero-order chi connectivity index (χ0) is 38.3. The third-order valence-corrected chi connectivity index (χ3v) is 10.9. The minimum Gasteiger partial charge on any atom is -0.462 e. The molecule has 3 atom stereocenters. The van der Waals surface area contributed by atoms with Crippen LogP contribution >= 0.6 is 0 Å². The summed E-state index contributed by atoms with van der Waals surface area (Å²) in [6, 6.07) is 0. The highest BCUT2D eigenvalue weighted by Crippen LogP contribution is 2.17. The van der Waals surface area contributed by atoms with E-state index < -0.39 is 6.10 Å². The number of carbonyl (C=O) groups excluding carboxylic acids is 3. The first kappa shape index (κ1) is 50.4. The third-order valence-electron chi connectivity index (χ3n) is 10.9. The van der Waals surface area contributed by atoms with E-state index in [1.807, 2.05) is 0 Å². The van der Waals surface area contributed by atoms with E-state index in [2.05, 4.69) is 34.6 Å². The molecule has 0 saturated carbocycles. The molecule has 0 fully saturated rings. The summed E-state index contributed by atoms with van der Waals surface area (Å²) in [6.07, 6.45) is 36.5. The SMILES string of the molecule is CCCCCCCCCCCCC(=O)O[C@H](COC(=O)CCCCCCCCCCCCC(C)CC)COC(=O)CCCCCCCCC(C)CC. The van der Waals surface area contributed by atoms with Crippen LogP contribution in [0.5, 0.6) is 0 Å². The lowest BCUT2D eigenvalue weighted by Gasteiger charge is -2.18. The molecule has 0 radical (unpaired) electrons. The van der Waals surface area contributed by atoms with Crippen molar-refractivity contribution in [1.82, 2.24) is 0 Å². The van der Waals surface area contributed by atoms with Gasteiger partial charge >= 0.3 is 17.9 Å². The first-order chi connectivity index (χ1) is 25.3. The average molecular weight is 737 g/mol. The van der Waals surface area contributed by atoms with E-state index in [0.717, 1.165) is 69.6 Å². The molecule has 6 nitrogen and oxygen atoms in total. The molecular weight excluding hydrogens is 649 g/mol. The summed E-state index contributed by atoms with van der Waals surface area (Å²) >= 11 is 0. The van der Waals surface area contributed by atoms with Crippen molar-refractivity contribution in [2.75, 3.05) is 13.2 Å². The van der Waals surface area contributed by atoms with Crippen LogP contribution < -0.4 is 0 Å². The summed E-state index contributed by atoms with van der Waals surface area (Å²) < 4.78 is 16.7. The Labute approximate surface area is 323 Å². The van der Waals surface area contributed by atoms with Crippen molar-refractivity contribution >= 4 is 17.9 Å². The van der Waals surface area contributed by atoms with Gasteiger partial charge in [-0.1, -0.05) is 208 Å². The van der Waals surface area contributed by atoms with E-state index in [9.17, 15) is 14.4 Å². The molecule has 0 rings (SSSR count). The van der Waals surface area contributed by atoms with E-state index in [-0.39, 0.29) is 31.1 Å². The summed E-state index contributed by atoms with van der Waals surface area (Å²) in [5.41, 5.74) is 0. The summed E-state index contributed by atoms with van der Waals surface area (Å²) in [4.78, 5) is 37.7. The van der Waals surface area contributed by atoms with Gasteiger partial charge in [0.25, 0.3) is 0 Å². The quantitative estimate of drug-likeness (QED) is 0.0354. The Kier molecular flexibility index (Phi) is 37.9. The molecule has 0 amide bonds. The van der Waals surface area contributed by atoms with Gasteiger partial charge in [0.15, 0.2) is 6.10 Å². The van der Waals surface area contributed by atoms with Crippen molar-refractivity contribution in [3.05, 3.63) is 0 Å². The van der Waals surface area contributed by atoms with Crippen LogP contribution in [0.1, 0.15) is 247 Å². The van der Waals surface area contributed by atoms with Crippen LogP contribution in [-0.4, -0.2) is 37.2 Å². The molecule has 0 spiro atoms. The molecule has 0 aliphatic heterocycles. The van der Waals surface area contributed by atoms with Gasteiger partial charge in [0.05, 0.1) is 0 Å². The Morgan fingerprint density at radius 1 is 0.385 bits per heavy atom. The number of ether oxygens (including phenoxy) is 3. The van der Waals surface area contributed by atoms with E-state index in [1.165, 1.54) is 135 Å². The van der Waals surface area contributed by atoms with Crippen molar-refractivity contribution in [2.45, 2.75) is 253 Å². The molecule has 0 bridgehead atoms. The fourth-order valence-corrected chi connectivity index (χ4v) is 6.69. The van der Waals surface area contributed by atoms with Gasteiger partial charge in [-0.15, -0.1) is 0 Å². The first-order valence-corrected chi connectivity index (χ1v) is 22.8. The van der Waals surface area contributed by atoms with Gasteiger partial charge in [-0.25, -0.2) is 0 Å². The van der Waals surface area contributed by atoms with E-state index in [1.54, 1.807) is 0 Å². The maximum absolute atomic E-state index is 12.7. The highest BCUT2D eigenvalue weighted by molar-refractivity contribution is 5.71. The van der Waals surface area contributed by atoms with Crippen molar-refractivity contribution in [1.29, 1.82) is 0 Å². The molecular formula is C46H88O6. The Bertz CT molecular complexity index is 798. The highest BCUT2D eigenvalue weighted by Gasteiger charge is 2.19. The van der Waals surface area contributed by atoms with Gasteiger partial charge in [0.2, 0.25) is 0 Å². The van der Waals surface area contributed by atoms with Crippen molar-refractivity contribution in [3.63, 3.8) is 0 Å². The van der Waals surface area contributed by atoms with Gasteiger partial charge in [-0.05, 0) is 31.1 Å². The van der Waals surface area contributed by atoms with Crippen LogP contribution in [-0.2, 0) is 28.6 Å². The second-order valence-electron chi connectivity index (χ2n) is 16.2. The molecule has 0 N–H and O–H groups in total. The molecule has 2 unspecified atom stereocenters. The van der Waals surface area contributed by atoms with Crippen LogP contribution in [0, 0.1) is 11.8 Å². The smallest absolute Gasteiger partial charge is 0.306 e. The molecule has 52 heavy (non-hydrogen) atoms. The number of hydrogen-bond donors (Lipinski definition) is 0. The Morgan fingerprint density at radius 3 is 1.00 bits per heavy atom. The Morgan fingerprint density at radius 2 is 0.673 bits per heavy atom. The van der Waals surface area contributed by atoms with Crippen molar-refractivity contribution in [3.8, 4) is 0 Å². The van der Waals surface area contributed by atoms with Gasteiger partial charge in [-0.3, -0.25) is 14.4 Å². The van der Waals surface area contributed by atoms with Gasteiger partial charge in [0.1, 0.15) is 13.2 Å². The summed E-state index contributed by atoms with van der Waals surface area (Å²) in [7, 11) is 0. The predicted molar refractivity (Wildman–Crippen MR) is 220 cm³/mol. The molecule has 6 heteroatoms. The number of hydrogen-bond acceptors (Lipinski definition) is 6. The van der Waals surface area contributed by atoms with Crippen LogP contribution in [0.25, 0.3) is 0 Å². The van der Waals surface area contributed by atoms with Crippen LogP contribution in [0.2, 0.25) is 0 Å². The Balaban J connectivity index is 4.33. The normalized spacial score (nSPS) is 13.1. The minimum atomic E-state index is -0.760. The fourth-order valence-electron chi connectivity index (χ4n) is 6.69. The Hall–Kier alpha value is -1.59. The zero-order valence-corrected chi connectivity index (χ0v) is 35.4. The topological polar surface area (TPSA) is 78.9 Å². The van der Waals surface area contributed by atoms with Crippen molar-refractivity contribution in [2.24, 2.45) is 11.8 Å². The van der Waals surface area contributed by atoms with E-state index >= 15 is 0 Å². The lowest BCUT2D eigenvalue weighted by Crippen LogP contribution is -2.30. The molecule has 308 valence electrons. The molecule has 0 aliphatic carbocycles. The van der Waals surface area contributed by atoms with E-state index in [4.69, 9.17) is 14.2 Å². The maximum Gasteiger partial charge on any atom is 0.306 e. The summed E-state index contributed by atoms with van der Waals surface area (Å²) in [5.74, 6) is 0.822. The minimum absolute atomic E-state index is 0.0656. The van der Waals surface area contributed by atoms with Crippen LogP contribution in [0.3, 0.4) is 0 Å². The number of rotatable bonds is 40. The van der Waals surface area contributed by atoms with Crippen LogP contribution in [0.15, 0.2) is 0 Å². The zero-order valence-electron chi connectivity index (χ0n) is 35.4. The lowest BCUT2D eigenvalue weighted by molar-refractivity contribution is -0.167. The molecule has 0 saturated heterocycles. The summed E-state index contributed by atoms with van der Waals surface area (Å²) in [6.45, 7) is 11.3. The lowest BCUT2D eigenvalue weighted by atomic mass is 9.99. The molecule has 0 aromatic rings. The largest absolute Gasteiger partial charge is 0.462 e.